The van der Waals surface area contributed by atoms with Gasteiger partial charge in [-0.2, -0.15) is 5.26 Å². The predicted molar refractivity (Wildman–Crippen MR) is 65.2 cm³/mol. The highest BCUT2D eigenvalue weighted by molar-refractivity contribution is 5.85. The maximum atomic E-state index is 8.83. The quantitative estimate of drug-likeness (QED) is 0.763. The molecule has 0 aliphatic carbocycles. The lowest BCUT2D eigenvalue weighted by molar-refractivity contribution is 1.12. The molecule has 1 heterocycles. The standard InChI is InChI=1S/C14H14N2/c1-3-11-5-4-6-13-12(7-8-15)9-10(2)16-14(11)13/h4-6,9H,3,7H2,1-2H3. The number of nitrogens with zero attached hydrogens (tertiary/aromatic N) is 2. The van der Waals surface area contributed by atoms with Crippen LogP contribution in [-0.2, 0) is 12.8 Å². The van der Waals surface area contributed by atoms with Crippen LogP contribution in [0.3, 0.4) is 0 Å². The van der Waals surface area contributed by atoms with Crippen LogP contribution >= 0.6 is 0 Å². The molecule has 2 nitrogen and oxygen atoms in total. The van der Waals surface area contributed by atoms with Crippen molar-refractivity contribution in [1.82, 2.24) is 4.98 Å². The van der Waals surface area contributed by atoms with Crippen molar-refractivity contribution in [3.63, 3.8) is 0 Å². The lowest BCUT2D eigenvalue weighted by atomic mass is 10.0. The molecule has 0 bridgehead atoms. The molecule has 2 aromatic rings. The molecule has 1 aromatic heterocycles. The van der Waals surface area contributed by atoms with Crippen LogP contribution in [0.5, 0.6) is 0 Å². The second-order valence-corrected chi connectivity index (χ2v) is 3.92. The van der Waals surface area contributed by atoms with Gasteiger partial charge in [0.25, 0.3) is 0 Å². The van der Waals surface area contributed by atoms with Crippen LogP contribution in [0.2, 0.25) is 0 Å². The molecule has 0 atom stereocenters. The minimum absolute atomic E-state index is 0.451. The molecule has 2 heteroatoms. The van der Waals surface area contributed by atoms with Gasteiger partial charge in [0.05, 0.1) is 18.0 Å². The molecular formula is C14H14N2. The third-order valence-electron chi connectivity index (χ3n) is 2.79. The Kier molecular flexibility index (Phi) is 2.87. The van der Waals surface area contributed by atoms with E-state index in [4.69, 9.17) is 5.26 Å². The molecule has 0 spiro atoms. The third kappa shape index (κ3) is 1.77. The number of nitriles is 1. The van der Waals surface area contributed by atoms with Crippen molar-refractivity contribution < 1.29 is 0 Å². The van der Waals surface area contributed by atoms with Crippen molar-refractivity contribution in [2.45, 2.75) is 26.7 Å². The second-order valence-electron chi connectivity index (χ2n) is 3.92. The summed E-state index contributed by atoms with van der Waals surface area (Å²) in [5.41, 5.74) is 4.37. The van der Waals surface area contributed by atoms with Crippen LogP contribution in [-0.4, -0.2) is 4.98 Å². The van der Waals surface area contributed by atoms with E-state index in [0.717, 1.165) is 28.6 Å². The van der Waals surface area contributed by atoms with Gasteiger partial charge >= 0.3 is 0 Å². The number of aryl methyl sites for hydroxylation is 2. The van der Waals surface area contributed by atoms with Gasteiger partial charge in [-0.1, -0.05) is 25.1 Å². The number of fused-ring (bicyclic) bond motifs is 1. The largest absolute Gasteiger partial charge is 0.253 e. The lowest BCUT2D eigenvalue weighted by Gasteiger charge is -2.08. The van der Waals surface area contributed by atoms with Gasteiger partial charge in [0.15, 0.2) is 0 Å². The van der Waals surface area contributed by atoms with Crippen molar-refractivity contribution in [2.24, 2.45) is 0 Å². The lowest BCUT2D eigenvalue weighted by Crippen LogP contribution is -1.94. The molecule has 0 aliphatic heterocycles. The summed E-state index contributed by atoms with van der Waals surface area (Å²) >= 11 is 0. The van der Waals surface area contributed by atoms with Crippen LogP contribution in [0, 0.1) is 18.3 Å². The van der Waals surface area contributed by atoms with E-state index >= 15 is 0 Å². The first-order chi connectivity index (χ1) is 7.76. The summed E-state index contributed by atoms with van der Waals surface area (Å²) in [6.07, 6.45) is 1.42. The number of hydrogen-bond acceptors (Lipinski definition) is 2. The Labute approximate surface area is 95.6 Å². The molecule has 0 amide bonds. The Bertz CT molecular complexity index is 565. The van der Waals surface area contributed by atoms with Crippen LogP contribution < -0.4 is 0 Å². The highest BCUT2D eigenvalue weighted by atomic mass is 14.7. The van der Waals surface area contributed by atoms with Gasteiger partial charge in [-0.15, -0.1) is 0 Å². The molecule has 0 saturated carbocycles. The van der Waals surface area contributed by atoms with Crippen molar-refractivity contribution >= 4 is 10.9 Å². The van der Waals surface area contributed by atoms with E-state index in [1.165, 1.54) is 5.56 Å². The van der Waals surface area contributed by atoms with Gasteiger partial charge in [-0.25, -0.2) is 0 Å². The SMILES string of the molecule is CCc1cccc2c(CC#N)cc(C)nc12. The average Bonchev–Trinajstić information content (AvgIpc) is 2.28. The summed E-state index contributed by atoms with van der Waals surface area (Å²) in [6, 6.07) is 10.4. The van der Waals surface area contributed by atoms with E-state index in [0.29, 0.717) is 6.42 Å². The minimum Gasteiger partial charge on any atom is -0.253 e. The highest BCUT2D eigenvalue weighted by Crippen LogP contribution is 2.22. The molecular weight excluding hydrogens is 196 g/mol. The molecule has 0 N–H and O–H groups in total. The van der Waals surface area contributed by atoms with E-state index < -0.39 is 0 Å². The predicted octanol–water partition coefficient (Wildman–Crippen LogP) is 3.17. The van der Waals surface area contributed by atoms with E-state index in [9.17, 15) is 0 Å². The fourth-order valence-corrected chi connectivity index (χ4v) is 2.04. The van der Waals surface area contributed by atoms with Gasteiger partial charge in [-0.05, 0) is 30.5 Å². The molecule has 0 radical (unpaired) electrons. The van der Waals surface area contributed by atoms with Crippen LogP contribution in [0.1, 0.15) is 23.7 Å². The summed E-state index contributed by atoms with van der Waals surface area (Å²) in [7, 11) is 0. The Morgan fingerprint density at radius 2 is 2.12 bits per heavy atom. The summed E-state index contributed by atoms with van der Waals surface area (Å²) in [5, 5.41) is 9.94. The summed E-state index contributed by atoms with van der Waals surface area (Å²) in [5.74, 6) is 0. The maximum absolute atomic E-state index is 8.83. The van der Waals surface area contributed by atoms with Crippen molar-refractivity contribution in [3.05, 3.63) is 41.1 Å². The van der Waals surface area contributed by atoms with Crippen LogP contribution in [0.15, 0.2) is 24.3 Å². The molecule has 0 saturated heterocycles. The van der Waals surface area contributed by atoms with Crippen molar-refractivity contribution in [2.75, 3.05) is 0 Å². The van der Waals surface area contributed by atoms with Gasteiger partial charge in [0, 0.05) is 11.1 Å². The molecule has 0 aliphatic rings. The highest BCUT2D eigenvalue weighted by Gasteiger charge is 2.06. The molecule has 0 unspecified atom stereocenters. The fraction of sp³-hybridized carbons (Fsp3) is 0.286. The van der Waals surface area contributed by atoms with Gasteiger partial charge in [0.1, 0.15) is 0 Å². The Morgan fingerprint density at radius 3 is 2.81 bits per heavy atom. The number of benzene rings is 1. The topological polar surface area (TPSA) is 36.7 Å². The van der Waals surface area contributed by atoms with Gasteiger partial charge in [-0.3, -0.25) is 4.98 Å². The summed E-state index contributed by atoms with van der Waals surface area (Å²) in [4.78, 5) is 4.58. The van der Waals surface area contributed by atoms with E-state index in [1.54, 1.807) is 0 Å². The molecule has 80 valence electrons. The zero-order valence-corrected chi connectivity index (χ0v) is 9.62. The monoisotopic (exact) mass is 210 g/mol. The molecule has 1 aromatic carbocycles. The zero-order valence-electron chi connectivity index (χ0n) is 9.62. The number of aromatic nitrogens is 1. The van der Waals surface area contributed by atoms with Crippen molar-refractivity contribution in [3.8, 4) is 6.07 Å². The number of para-hydroxylation sites is 1. The molecule has 16 heavy (non-hydrogen) atoms. The van der Waals surface area contributed by atoms with E-state index in [2.05, 4.69) is 24.0 Å². The summed E-state index contributed by atoms with van der Waals surface area (Å²) < 4.78 is 0. The molecule has 0 fully saturated rings. The van der Waals surface area contributed by atoms with Gasteiger partial charge in [0.2, 0.25) is 0 Å². The van der Waals surface area contributed by atoms with Crippen LogP contribution in [0.25, 0.3) is 10.9 Å². The third-order valence-corrected chi connectivity index (χ3v) is 2.79. The first-order valence-electron chi connectivity index (χ1n) is 5.51. The number of pyridine rings is 1. The smallest absolute Gasteiger partial charge is 0.0740 e. The first-order valence-corrected chi connectivity index (χ1v) is 5.51. The Morgan fingerprint density at radius 1 is 1.31 bits per heavy atom. The Hall–Kier alpha value is -1.88. The number of hydrogen-bond donors (Lipinski definition) is 0. The van der Waals surface area contributed by atoms with Gasteiger partial charge < -0.3 is 0 Å². The fourth-order valence-electron chi connectivity index (χ4n) is 2.04. The van der Waals surface area contributed by atoms with Crippen LogP contribution in [0.4, 0.5) is 0 Å². The second kappa shape index (κ2) is 4.32. The molecule has 2 rings (SSSR count). The first kappa shape index (κ1) is 10.6. The zero-order chi connectivity index (χ0) is 11.5. The average molecular weight is 210 g/mol. The van der Waals surface area contributed by atoms with Crippen molar-refractivity contribution in [1.29, 1.82) is 5.26 Å². The number of rotatable bonds is 2. The maximum Gasteiger partial charge on any atom is 0.0740 e. The van der Waals surface area contributed by atoms with E-state index in [1.807, 2.05) is 25.1 Å². The Balaban J connectivity index is 2.78. The van der Waals surface area contributed by atoms with E-state index in [-0.39, 0.29) is 0 Å². The minimum atomic E-state index is 0.451. The summed E-state index contributed by atoms with van der Waals surface area (Å²) in [6.45, 7) is 4.11. The normalized spacial score (nSPS) is 10.3.